The van der Waals surface area contributed by atoms with Crippen LogP contribution in [0.1, 0.15) is 16.1 Å². The summed E-state index contributed by atoms with van der Waals surface area (Å²) in [5, 5.41) is 9.09. The van der Waals surface area contributed by atoms with Gasteiger partial charge >= 0.3 is 0 Å². The van der Waals surface area contributed by atoms with Crippen LogP contribution in [0.5, 0.6) is 0 Å². The van der Waals surface area contributed by atoms with Gasteiger partial charge in [0.25, 0.3) is 5.91 Å². The first-order valence-corrected chi connectivity index (χ1v) is 10.9. The van der Waals surface area contributed by atoms with Crippen molar-refractivity contribution in [3.8, 4) is 11.3 Å². The lowest BCUT2D eigenvalue weighted by Gasteiger charge is -1.98. The first-order valence-electron chi connectivity index (χ1n) is 7.46. The summed E-state index contributed by atoms with van der Waals surface area (Å²) >= 11 is 2.03. The van der Waals surface area contributed by atoms with E-state index in [9.17, 15) is 13.2 Å². The van der Waals surface area contributed by atoms with E-state index in [0.717, 1.165) is 34.7 Å². The zero-order valence-corrected chi connectivity index (χ0v) is 16.7. The fourth-order valence-corrected chi connectivity index (χ4v) is 4.54. The molecule has 0 unspecified atom stereocenters. The van der Waals surface area contributed by atoms with Crippen LogP contribution in [0.3, 0.4) is 0 Å². The number of azo groups is 1. The Morgan fingerprint density at radius 1 is 1.19 bits per heavy atom. The van der Waals surface area contributed by atoms with Crippen LogP contribution in [0.25, 0.3) is 11.3 Å². The van der Waals surface area contributed by atoms with E-state index in [1.54, 1.807) is 6.92 Å². The Morgan fingerprint density at radius 3 is 2.48 bits per heavy atom. The topological polar surface area (TPSA) is 140 Å². The molecule has 0 bridgehead atoms. The lowest BCUT2D eigenvalue weighted by molar-refractivity contribution is 0.100. The first kappa shape index (κ1) is 19.1. The Labute approximate surface area is 163 Å². The molecule has 0 aliphatic heterocycles. The number of aryl methyl sites for hydroxylation is 1. The van der Waals surface area contributed by atoms with Crippen LogP contribution in [0, 0.1) is 6.92 Å². The van der Waals surface area contributed by atoms with Crippen molar-refractivity contribution in [3.05, 3.63) is 41.6 Å². The van der Waals surface area contributed by atoms with Crippen LogP contribution in [0.4, 0.5) is 15.1 Å². The Bertz CT molecular complexity index is 1120. The van der Waals surface area contributed by atoms with E-state index >= 15 is 0 Å². The number of nitrogens with one attached hydrogen (secondary N) is 1. The summed E-state index contributed by atoms with van der Waals surface area (Å²) in [6.45, 7) is 1.66. The minimum absolute atomic E-state index is 0.168. The molecular formula is C15H14N6O3S3. The molecule has 2 heterocycles. The largest absolute Gasteiger partial charge is 0.365 e. The SMILES string of the molecule is Cc1nsc(/N=N/c2sc(NS(C)(=O)=O)nc2-c2ccccc2)c1C(N)=O. The lowest BCUT2D eigenvalue weighted by atomic mass is 10.2. The number of rotatable bonds is 6. The Kier molecular flexibility index (Phi) is 5.30. The second-order valence-corrected chi connectivity index (χ2v) is 8.90. The molecule has 0 spiro atoms. The van der Waals surface area contributed by atoms with Crippen LogP contribution in [-0.4, -0.2) is 29.9 Å². The summed E-state index contributed by atoms with van der Waals surface area (Å²) < 4.78 is 29.4. The zero-order valence-electron chi connectivity index (χ0n) is 14.2. The minimum Gasteiger partial charge on any atom is -0.365 e. The highest BCUT2D eigenvalue weighted by Gasteiger charge is 2.18. The Balaban J connectivity index is 2.05. The molecule has 2 aromatic heterocycles. The highest BCUT2D eigenvalue weighted by atomic mass is 32.2. The number of sulfonamides is 1. The maximum Gasteiger partial charge on any atom is 0.253 e. The van der Waals surface area contributed by atoms with Crippen LogP contribution in [-0.2, 0) is 10.0 Å². The maximum absolute atomic E-state index is 11.6. The van der Waals surface area contributed by atoms with Gasteiger partial charge in [0, 0.05) is 5.56 Å². The van der Waals surface area contributed by atoms with Gasteiger partial charge in [0.1, 0.15) is 11.3 Å². The molecule has 0 fully saturated rings. The number of primary amides is 1. The average molecular weight is 423 g/mol. The standard InChI is InChI=1S/C15H14N6O3S3/c1-8-10(12(16)22)13(26-20-8)18-19-14-11(9-6-4-3-5-7-9)17-15(25-14)21-27(2,23)24/h3-7H,1-2H3,(H2,16,22)(H,17,21)/b19-18+. The molecule has 3 aromatic rings. The zero-order chi connectivity index (χ0) is 19.6. The number of carbonyl (C=O) groups is 1. The van der Waals surface area contributed by atoms with Crippen LogP contribution >= 0.6 is 22.9 Å². The van der Waals surface area contributed by atoms with Gasteiger partial charge in [0.2, 0.25) is 10.0 Å². The van der Waals surface area contributed by atoms with Gasteiger partial charge in [-0.25, -0.2) is 13.4 Å². The van der Waals surface area contributed by atoms with Crippen LogP contribution < -0.4 is 10.5 Å². The second kappa shape index (κ2) is 7.50. The molecule has 12 heteroatoms. The van der Waals surface area contributed by atoms with Crippen molar-refractivity contribution in [1.29, 1.82) is 0 Å². The van der Waals surface area contributed by atoms with Crippen molar-refractivity contribution in [3.63, 3.8) is 0 Å². The van der Waals surface area contributed by atoms with Gasteiger partial charge in [-0.3, -0.25) is 9.52 Å². The molecule has 140 valence electrons. The predicted molar refractivity (Wildman–Crippen MR) is 106 cm³/mol. The van der Waals surface area contributed by atoms with E-state index in [1.165, 1.54) is 0 Å². The summed E-state index contributed by atoms with van der Waals surface area (Å²) in [5.74, 6) is -0.637. The van der Waals surface area contributed by atoms with Crippen LogP contribution in [0.15, 0.2) is 40.6 Å². The maximum atomic E-state index is 11.6. The quantitative estimate of drug-likeness (QED) is 0.585. The molecule has 3 N–H and O–H groups in total. The van der Waals surface area contributed by atoms with Gasteiger partial charge in [-0.05, 0) is 18.5 Å². The van der Waals surface area contributed by atoms with E-state index in [-0.39, 0.29) is 15.7 Å². The number of carbonyl (C=O) groups excluding carboxylic acids is 1. The Hall–Kier alpha value is -2.70. The van der Waals surface area contributed by atoms with Gasteiger partial charge in [0.15, 0.2) is 15.1 Å². The molecule has 0 radical (unpaired) electrons. The average Bonchev–Trinajstić information content (AvgIpc) is 3.15. The van der Waals surface area contributed by atoms with Crippen molar-refractivity contribution in [2.45, 2.75) is 6.92 Å². The van der Waals surface area contributed by atoms with Gasteiger partial charge in [-0.15, -0.1) is 10.2 Å². The lowest BCUT2D eigenvalue weighted by Crippen LogP contribution is -2.11. The number of thiazole rings is 1. The predicted octanol–water partition coefficient (Wildman–Crippen LogP) is 3.46. The highest BCUT2D eigenvalue weighted by molar-refractivity contribution is 7.92. The van der Waals surface area contributed by atoms with Crippen molar-refractivity contribution in [2.24, 2.45) is 16.0 Å². The van der Waals surface area contributed by atoms with Crippen molar-refractivity contribution in [1.82, 2.24) is 9.36 Å². The molecule has 0 atom stereocenters. The fourth-order valence-electron chi connectivity index (χ4n) is 2.17. The molecule has 9 nitrogen and oxygen atoms in total. The summed E-state index contributed by atoms with van der Waals surface area (Å²) in [4.78, 5) is 15.9. The summed E-state index contributed by atoms with van der Waals surface area (Å²) in [6.07, 6.45) is 1.04. The number of anilines is 1. The van der Waals surface area contributed by atoms with Crippen LogP contribution in [0.2, 0.25) is 0 Å². The molecule has 0 aliphatic rings. The molecule has 1 amide bonds. The Morgan fingerprint density at radius 2 is 1.85 bits per heavy atom. The minimum atomic E-state index is -3.49. The van der Waals surface area contributed by atoms with Gasteiger partial charge < -0.3 is 5.73 Å². The number of aromatic nitrogens is 2. The first-order chi connectivity index (χ1) is 12.7. The number of nitrogens with zero attached hydrogens (tertiary/aromatic N) is 4. The van der Waals surface area contributed by atoms with E-state index in [2.05, 4.69) is 24.3 Å². The monoisotopic (exact) mass is 422 g/mol. The second-order valence-electron chi connectivity index (χ2n) is 5.43. The van der Waals surface area contributed by atoms with E-state index < -0.39 is 15.9 Å². The van der Waals surface area contributed by atoms with Gasteiger partial charge in [-0.2, -0.15) is 4.37 Å². The molecule has 0 saturated carbocycles. The van der Waals surface area contributed by atoms with Gasteiger partial charge in [0.05, 0.1) is 11.9 Å². The molecule has 1 aromatic carbocycles. The normalized spacial score (nSPS) is 11.8. The third kappa shape index (κ3) is 4.53. The molecule has 0 aliphatic carbocycles. The number of hydrogen-bond acceptors (Lipinski definition) is 9. The van der Waals surface area contributed by atoms with E-state index in [1.807, 2.05) is 30.3 Å². The summed E-state index contributed by atoms with van der Waals surface area (Å²) in [7, 11) is -3.49. The number of amides is 1. The number of benzene rings is 1. The fraction of sp³-hybridized carbons (Fsp3) is 0.133. The van der Waals surface area contributed by atoms with E-state index in [0.29, 0.717) is 16.4 Å². The van der Waals surface area contributed by atoms with Crippen molar-refractivity contribution >= 4 is 53.9 Å². The highest BCUT2D eigenvalue weighted by Crippen LogP contribution is 2.40. The third-order valence-electron chi connectivity index (χ3n) is 3.25. The number of nitrogens with two attached hydrogens (primary N) is 1. The van der Waals surface area contributed by atoms with Gasteiger partial charge in [-0.1, -0.05) is 41.7 Å². The molecule has 0 saturated heterocycles. The van der Waals surface area contributed by atoms with Crippen molar-refractivity contribution < 1.29 is 13.2 Å². The molecular weight excluding hydrogens is 408 g/mol. The van der Waals surface area contributed by atoms with Crippen molar-refractivity contribution in [2.75, 3.05) is 11.0 Å². The summed E-state index contributed by atoms with van der Waals surface area (Å²) in [6, 6.07) is 9.16. The summed E-state index contributed by atoms with van der Waals surface area (Å²) in [5.41, 5.74) is 7.27. The number of hydrogen-bond donors (Lipinski definition) is 2. The van der Waals surface area contributed by atoms with E-state index in [4.69, 9.17) is 5.73 Å². The molecule has 27 heavy (non-hydrogen) atoms. The molecule has 3 rings (SSSR count). The third-order valence-corrected chi connectivity index (χ3v) is 5.62. The smallest absolute Gasteiger partial charge is 0.253 e.